The Kier molecular flexibility index (Phi) is 3.49. The van der Waals surface area contributed by atoms with E-state index in [0.717, 1.165) is 0 Å². The predicted octanol–water partition coefficient (Wildman–Crippen LogP) is 2.94. The minimum Gasteiger partial charge on any atom is -0.460 e. The van der Waals surface area contributed by atoms with Crippen molar-refractivity contribution in [2.45, 2.75) is 59.6 Å². The van der Waals surface area contributed by atoms with Gasteiger partial charge < -0.3 is 9.64 Å². The van der Waals surface area contributed by atoms with Crippen LogP contribution in [-0.2, 0) is 9.53 Å². The zero-order valence-corrected chi connectivity index (χ0v) is 13.5. The summed E-state index contributed by atoms with van der Waals surface area (Å²) in [6.45, 7) is 10.8. The summed E-state index contributed by atoms with van der Waals surface area (Å²) in [6, 6.07) is 0.358. The highest BCUT2D eigenvalue weighted by molar-refractivity contribution is 5.72. The average molecular weight is 267 g/mol. The number of rotatable bonds is 3. The van der Waals surface area contributed by atoms with Crippen molar-refractivity contribution in [3.63, 3.8) is 0 Å². The van der Waals surface area contributed by atoms with Gasteiger partial charge in [-0.2, -0.15) is 0 Å². The quantitative estimate of drug-likeness (QED) is 0.736. The summed E-state index contributed by atoms with van der Waals surface area (Å²) >= 11 is 0. The van der Waals surface area contributed by atoms with Gasteiger partial charge in [-0.05, 0) is 38.3 Å². The van der Waals surface area contributed by atoms with E-state index in [0.29, 0.717) is 12.0 Å². The van der Waals surface area contributed by atoms with E-state index >= 15 is 0 Å². The van der Waals surface area contributed by atoms with Crippen molar-refractivity contribution in [3.05, 3.63) is 0 Å². The number of nitrogens with zero attached hydrogens (tertiary/aromatic N) is 1. The molecule has 0 N–H and O–H groups in total. The average Bonchev–Trinajstić information content (AvgIpc) is 2.60. The summed E-state index contributed by atoms with van der Waals surface area (Å²) in [7, 11) is 4.22. The van der Waals surface area contributed by atoms with Crippen LogP contribution in [0.1, 0.15) is 47.5 Å². The Hall–Kier alpha value is -0.570. The Labute approximate surface area is 117 Å². The van der Waals surface area contributed by atoms with E-state index in [2.05, 4.69) is 39.8 Å². The molecule has 4 atom stereocenters. The molecule has 0 amide bonds. The lowest BCUT2D eigenvalue weighted by molar-refractivity contribution is -0.164. The van der Waals surface area contributed by atoms with Crippen LogP contribution in [-0.4, -0.2) is 37.1 Å². The van der Waals surface area contributed by atoms with Crippen LogP contribution in [0.3, 0.4) is 0 Å². The number of hydrogen-bond donors (Lipinski definition) is 0. The third-order valence-electron chi connectivity index (χ3n) is 6.03. The first-order chi connectivity index (χ1) is 8.63. The molecule has 19 heavy (non-hydrogen) atoms. The molecule has 0 unspecified atom stereocenters. The van der Waals surface area contributed by atoms with Crippen molar-refractivity contribution in [1.29, 1.82) is 0 Å². The summed E-state index contributed by atoms with van der Waals surface area (Å²) < 4.78 is 5.94. The van der Waals surface area contributed by atoms with Crippen LogP contribution in [0.2, 0.25) is 0 Å². The number of hydrogen-bond acceptors (Lipinski definition) is 3. The second-order valence-corrected chi connectivity index (χ2v) is 7.75. The van der Waals surface area contributed by atoms with Crippen LogP contribution in [0.5, 0.6) is 0 Å². The maximum Gasteiger partial charge on any atom is 0.308 e. The van der Waals surface area contributed by atoms with Crippen molar-refractivity contribution in [2.24, 2.45) is 22.7 Å². The van der Waals surface area contributed by atoms with Crippen molar-refractivity contribution in [1.82, 2.24) is 4.90 Å². The fourth-order valence-corrected chi connectivity index (χ4v) is 4.35. The molecule has 0 saturated heterocycles. The molecule has 2 aliphatic rings. The van der Waals surface area contributed by atoms with Gasteiger partial charge in [0.05, 0.1) is 12.0 Å². The fourth-order valence-electron chi connectivity index (χ4n) is 4.35. The molecule has 0 aromatic carbocycles. The number of ether oxygens (including phenoxy) is 1. The van der Waals surface area contributed by atoms with Crippen molar-refractivity contribution < 1.29 is 9.53 Å². The summed E-state index contributed by atoms with van der Waals surface area (Å²) in [4.78, 5) is 14.3. The molecule has 3 heteroatoms. The van der Waals surface area contributed by atoms with Crippen LogP contribution in [0, 0.1) is 22.7 Å². The molecule has 110 valence electrons. The minimum atomic E-state index is -0.0542. The molecular weight excluding hydrogens is 238 g/mol. The Morgan fingerprint density at radius 1 is 1.26 bits per heavy atom. The van der Waals surface area contributed by atoms with Gasteiger partial charge in [0.2, 0.25) is 0 Å². The highest BCUT2D eigenvalue weighted by atomic mass is 16.5. The van der Waals surface area contributed by atoms with E-state index in [1.807, 2.05) is 13.8 Å². The third-order valence-corrected chi connectivity index (χ3v) is 6.03. The summed E-state index contributed by atoms with van der Waals surface area (Å²) in [5.41, 5.74) is 0.348. The first-order valence-electron chi connectivity index (χ1n) is 7.50. The largest absolute Gasteiger partial charge is 0.460 e. The molecule has 0 heterocycles. The third kappa shape index (κ3) is 1.93. The zero-order valence-electron chi connectivity index (χ0n) is 13.5. The lowest BCUT2D eigenvalue weighted by Crippen LogP contribution is -2.49. The number of esters is 1. The number of likely N-dealkylation sites (N-methyl/N-ethyl adjacent to an activating group) is 1. The minimum absolute atomic E-state index is 0.0335. The van der Waals surface area contributed by atoms with Crippen LogP contribution in [0.25, 0.3) is 0 Å². The second-order valence-electron chi connectivity index (χ2n) is 7.75. The van der Waals surface area contributed by atoms with Gasteiger partial charge in [0.25, 0.3) is 0 Å². The van der Waals surface area contributed by atoms with E-state index in [-0.39, 0.29) is 28.8 Å². The molecule has 0 aromatic rings. The SMILES string of the molecule is CC(C)C(=O)O[C@H]1[C@H](N(C)C)[C@H]2CC[C@]1(C)C2(C)C. The van der Waals surface area contributed by atoms with Crippen LogP contribution in [0.4, 0.5) is 0 Å². The Morgan fingerprint density at radius 2 is 1.84 bits per heavy atom. The molecular formula is C16H29NO2. The van der Waals surface area contributed by atoms with Crippen molar-refractivity contribution in [3.8, 4) is 0 Å². The first kappa shape index (κ1) is 14.8. The first-order valence-corrected chi connectivity index (χ1v) is 7.50. The van der Waals surface area contributed by atoms with Crippen molar-refractivity contribution in [2.75, 3.05) is 14.1 Å². The van der Waals surface area contributed by atoms with Gasteiger partial charge in [0.1, 0.15) is 6.10 Å². The molecule has 2 fully saturated rings. The molecule has 0 spiro atoms. The molecule has 0 aromatic heterocycles. The number of carbonyl (C=O) groups excluding carboxylic acids is 1. The van der Waals surface area contributed by atoms with Gasteiger partial charge in [-0.3, -0.25) is 4.79 Å². The smallest absolute Gasteiger partial charge is 0.308 e. The summed E-state index contributed by atoms with van der Waals surface area (Å²) in [5.74, 6) is 0.521. The highest BCUT2D eigenvalue weighted by Gasteiger charge is 2.68. The maximum absolute atomic E-state index is 12.1. The monoisotopic (exact) mass is 267 g/mol. The van der Waals surface area contributed by atoms with Crippen molar-refractivity contribution >= 4 is 5.97 Å². The van der Waals surface area contributed by atoms with Gasteiger partial charge in [-0.1, -0.05) is 34.6 Å². The lowest BCUT2D eigenvalue weighted by atomic mass is 9.70. The topological polar surface area (TPSA) is 29.5 Å². The molecule has 2 saturated carbocycles. The van der Waals surface area contributed by atoms with Crippen LogP contribution < -0.4 is 0 Å². The lowest BCUT2D eigenvalue weighted by Gasteiger charge is -2.41. The number of fused-ring (bicyclic) bond motifs is 2. The van der Waals surface area contributed by atoms with E-state index in [9.17, 15) is 4.79 Å². The Bertz CT molecular complexity index is 375. The molecule has 0 radical (unpaired) electrons. The van der Waals surface area contributed by atoms with Gasteiger partial charge in [-0.15, -0.1) is 0 Å². The van der Waals surface area contributed by atoms with Gasteiger partial charge >= 0.3 is 5.97 Å². The predicted molar refractivity (Wildman–Crippen MR) is 76.8 cm³/mol. The molecule has 0 aliphatic heterocycles. The van der Waals surface area contributed by atoms with E-state index in [4.69, 9.17) is 4.74 Å². The van der Waals surface area contributed by atoms with Gasteiger partial charge in [0, 0.05) is 5.41 Å². The van der Waals surface area contributed by atoms with E-state index in [1.54, 1.807) is 0 Å². The van der Waals surface area contributed by atoms with Crippen LogP contribution in [0.15, 0.2) is 0 Å². The molecule has 3 nitrogen and oxygen atoms in total. The normalized spacial score (nSPS) is 40.2. The standard InChI is InChI=1S/C16H29NO2/c1-10(2)14(18)19-13-12(17(6)7)11-8-9-16(13,5)15(11,3)4/h10-13H,8-9H2,1-7H3/t11-,12-,13+,16+/m1/s1. The molecule has 2 rings (SSSR count). The second kappa shape index (κ2) is 4.47. The molecule has 2 bridgehead atoms. The summed E-state index contributed by atoms with van der Waals surface area (Å²) in [5, 5.41) is 0. The van der Waals surface area contributed by atoms with E-state index < -0.39 is 0 Å². The highest BCUT2D eigenvalue weighted by Crippen LogP contribution is 2.67. The molecule has 2 aliphatic carbocycles. The van der Waals surface area contributed by atoms with Gasteiger partial charge in [0.15, 0.2) is 0 Å². The number of carbonyl (C=O) groups is 1. The summed E-state index contributed by atoms with van der Waals surface area (Å²) in [6.07, 6.45) is 2.46. The Morgan fingerprint density at radius 3 is 2.32 bits per heavy atom. The van der Waals surface area contributed by atoms with Gasteiger partial charge in [-0.25, -0.2) is 0 Å². The van der Waals surface area contributed by atoms with E-state index in [1.165, 1.54) is 12.8 Å². The van der Waals surface area contributed by atoms with Crippen LogP contribution >= 0.6 is 0 Å². The fraction of sp³-hybridized carbons (Fsp3) is 0.938. The zero-order chi connectivity index (χ0) is 14.6. The Balaban J connectivity index is 2.32. The maximum atomic E-state index is 12.1.